The molecule has 1 aromatic carbocycles. The van der Waals surface area contributed by atoms with Crippen LogP contribution in [-0.4, -0.2) is 50.0 Å². The van der Waals surface area contributed by atoms with Gasteiger partial charge in [0.15, 0.2) is 0 Å². The third-order valence-corrected chi connectivity index (χ3v) is 4.26. The summed E-state index contributed by atoms with van der Waals surface area (Å²) in [4.78, 5) is 14.4. The van der Waals surface area contributed by atoms with E-state index in [-0.39, 0.29) is 25.3 Å². The van der Waals surface area contributed by atoms with Gasteiger partial charge in [0.2, 0.25) is 0 Å². The predicted molar refractivity (Wildman–Crippen MR) is 102 cm³/mol. The Hall–Kier alpha value is -1.66. The number of nitrogens with zero attached hydrogens (tertiary/aromatic N) is 1. The van der Waals surface area contributed by atoms with Gasteiger partial charge in [0, 0.05) is 20.2 Å². The fraction of sp³-hybridized carbons (Fsp3) is 0.650. The van der Waals surface area contributed by atoms with Crippen molar-refractivity contribution in [3.8, 4) is 0 Å². The first-order valence-electron chi connectivity index (χ1n) is 9.28. The van der Waals surface area contributed by atoms with Crippen molar-refractivity contribution in [1.82, 2.24) is 4.90 Å². The Kier molecular flexibility index (Phi) is 10.9. The minimum atomic E-state index is -1.07. The Morgan fingerprint density at radius 1 is 1.19 bits per heavy atom. The summed E-state index contributed by atoms with van der Waals surface area (Å²) >= 11 is 0. The zero-order valence-electron chi connectivity index (χ0n) is 16.2. The van der Waals surface area contributed by atoms with Gasteiger partial charge in [-0.3, -0.25) is 0 Å². The van der Waals surface area contributed by atoms with Crippen LogP contribution < -0.4 is 5.73 Å². The molecule has 0 spiro atoms. The molecule has 5 nitrogen and oxygen atoms in total. The van der Waals surface area contributed by atoms with Crippen molar-refractivity contribution in [3.63, 3.8) is 0 Å². The average molecular weight is 368 g/mol. The fourth-order valence-electron chi connectivity index (χ4n) is 2.64. The van der Waals surface area contributed by atoms with Gasteiger partial charge in [-0.15, -0.1) is 0 Å². The molecule has 0 radical (unpaired) electrons. The Bertz CT molecular complexity index is 499. The van der Waals surface area contributed by atoms with E-state index >= 15 is 0 Å². The largest absolute Gasteiger partial charge is 0.445 e. The lowest BCUT2D eigenvalue weighted by atomic mass is 10.1. The second kappa shape index (κ2) is 12.7. The van der Waals surface area contributed by atoms with Crippen molar-refractivity contribution < 1.29 is 18.7 Å². The molecule has 26 heavy (non-hydrogen) atoms. The van der Waals surface area contributed by atoms with E-state index in [0.717, 1.165) is 12.0 Å². The van der Waals surface area contributed by atoms with Gasteiger partial charge >= 0.3 is 6.09 Å². The van der Waals surface area contributed by atoms with Crippen LogP contribution in [0.3, 0.4) is 0 Å². The molecule has 0 saturated carbocycles. The second-order valence-corrected chi connectivity index (χ2v) is 6.94. The molecule has 2 unspecified atom stereocenters. The van der Waals surface area contributed by atoms with Crippen molar-refractivity contribution in [2.45, 2.75) is 51.9 Å². The fourth-order valence-corrected chi connectivity index (χ4v) is 2.64. The first-order valence-corrected chi connectivity index (χ1v) is 9.28. The molecule has 0 aliphatic heterocycles. The summed E-state index contributed by atoms with van der Waals surface area (Å²) in [5, 5.41) is 0. The number of hydrogen-bond acceptors (Lipinski definition) is 4. The van der Waals surface area contributed by atoms with Crippen LogP contribution in [0.25, 0.3) is 0 Å². The van der Waals surface area contributed by atoms with Crippen molar-refractivity contribution >= 4 is 6.09 Å². The lowest BCUT2D eigenvalue weighted by Crippen LogP contribution is -2.44. The zero-order valence-corrected chi connectivity index (χ0v) is 16.2. The Balaban J connectivity index is 2.75. The minimum Gasteiger partial charge on any atom is -0.445 e. The third-order valence-electron chi connectivity index (χ3n) is 4.26. The molecular formula is C20H33FN2O3. The quantitative estimate of drug-likeness (QED) is 0.610. The molecule has 0 bridgehead atoms. The van der Waals surface area contributed by atoms with Gasteiger partial charge < -0.3 is 20.1 Å². The summed E-state index contributed by atoms with van der Waals surface area (Å²) in [6.07, 6.45) is 0.178. The van der Waals surface area contributed by atoms with E-state index < -0.39 is 6.17 Å². The van der Waals surface area contributed by atoms with Crippen molar-refractivity contribution in [3.05, 3.63) is 35.9 Å². The highest BCUT2D eigenvalue weighted by atomic mass is 19.1. The molecule has 0 aliphatic rings. The van der Waals surface area contributed by atoms with E-state index in [9.17, 15) is 9.18 Å². The number of methoxy groups -OCH3 is 1. The number of ether oxygens (including phenoxy) is 2. The monoisotopic (exact) mass is 368 g/mol. The summed E-state index contributed by atoms with van der Waals surface area (Å²) < 4.78 is 24.3. The van der Waals surface area contributed by atoms with Crippen LogP contribution in [0.2, 0.25) is 0 Å². The van der Waals surface area contributed by atoms with E-state index in [1.54, 1.807) is 12.0 Å². The van der Waals surface area contributed by atoms with E-state index in [0.29, 0.717) is 31.9 Å². The summed E-state index contributed by atoms with van der Waals surface area (Å²) in [7, 11) is 1.58. The van der Waals surface area contributed by atoms with Gasteiger partial charge in [0.25, 0.3) is 0 Å². The highest BCUT2D eigenvalue weighted by Crippen LogP contribution is 2.16. The maximum Gasteiger partial charge on any atom is 0.410 e. The van der Waals surface area contributed by atoms with E-state index in [2.05, 4.69) is 13.8 Å². The van der Waals surface area contributed by atoms with Gasteiger partial charge in [-0.05, 0) is 30.7 Å². The number of benzene rings is 1. The molecule has 2 atom stereocenters. The van der Waals surface area contributed by atoms with Gasteiger partial charge in [-0.2, -0.15) is 0 Å². The number of carbonyl (C=O) groups excluding carboxylic acids is 1. The van der Waals surface area contributed by atoms with E-state index in [1.807, 2.05) is 30.3 Å². The van der Waals surface area contributed by atoms with Crippen LogP contribution in [0.1, 0.15) is 38.7 Å². The SMILES string of the molecule is COCC(CCC(F)CN)N(CCC(C)C)C(=O)OCc1ccccc1. The first-order chi connectivity index (χ1) is 12.5. The molecule has 0 fully saturated rings. The Morgan fingerprint density at radius 3 is 2.46 bits per heavy atom. The molecule has 1 rings (SSSR count). The standard InChI is InChI=1S/C20H33FN2O3/c1-16(2)11-12-23(19(15-25-3)10-9-18(21)13-22)20(24)26-14-17-7-5-4-6-8-17/h4-8,16,18-19H,9-15,22H2,1-3H3. The zero-order chi connectivity index (χ0) is 19.4. The van der Waals surface area contributed by atoms with Crippen molar-refractivity contribution in [2.75, 3.05) is 26.8 Å². The van der Waals surface area contributed by atoms with Crippen LogP contribution >= 0.6 is 0 Å². The lowest BCUT2D eigenvalue weighted by Gasteiger charge is -2.31. The molecule has 0 aromatic heterocycles. The number of rotatable bonds is 12. The highest BCUT2D eigenvalue weighted by molar-refractivity contribution is 5.68. The summed E-state index contributed by atoms with van der Waals surface area (Å²) in [6, 6.07) is 9.32. The van der Waals surface area contributed by atoms with E-state index in [1.165, 1.54) is 0 Å². The number of carbonyl (C=O) groups is 1. The number of amides is 1. The summed E-state index contributed by atoms with van der Waals surface area (Å²) in [5.74, 6) is 0.445. The molecule has 1 aromatic rings. The smallest absolute Gasteiger partial charge is 0.410 e. The third kappa shape index (κ3) is 8.63. The number of halogens is 1. The molecule has 1 amide bonds. The number of alkyl halides is 1. The predicted octanol–water partition coefficient (Wildman–Crippen LogP) is 3.76. The van der Waals surface area contributed by atoms with Gasteiger partial charge in [0.05, 0.1) is 12.6 Å². The van der Waals surface area contributed by atoms with Gasteiger partial charge in [0.1, 0.15) is 12.8 Å². The molecular weight excluding hydrogens is 335 g/mol. The van der Waals surface area contributed by atoms with Crippen LogP contribution in [0.4, 0.5) is 9.18 Å². The maximum absolute atomic E-state index is 13.6. The molecule has 0 heterocycles. The van der Waals surface area contributed by atoms with Crippen LogP contribution in [-0.2, 0) is 16.1 Å². The molecule has 2 N–H and O–H groups in total. The topological polar surface area (TPSA) is 64.8 Å². The normalized spacial score (nSPS) is 13.5. The second-order valence-electron chi connectivity index (χ2n) is 6.94. The van der Waals surface area contributed by atoms with Crippen LogP contribution in [0.5, 0.6) is 0 Å². The summed E-state index contributed by atoms with van der Waals surface area (Å²) in [5.41, 5.74) is 6.30. The number of hydrogen-bond donors (Lipinski definition) is 1. The molecule has 0 aliphatic carbocycles. The van der Waals surface area contributed by atoms with E-state index in [4.69, 9.17) is 15.2 Å². The van der Waals surface area contributed by atoms with Crippen molar-refractivity contribution in [2.24, 2.45) is 11.7 Å². The van der Waals surface area contributed by atoms with Crippen LogP contribution in [0, 0.1) is 5.92 Å². The molecule has 0 saturated heterocycles. The number of nitrogens with two attached hydrogens (primary N) is 1. The molecule has 148 valence electrons. The Morgan fingerprint density at radius 2 is 1.88 bits per heavy atom. The van der Waals surface area contributed by atoms with Gasteiger partial charge in [-0.25, -0.2) is 9.18 Å². The molecule has 6 heteroatoms. The van der Waals surface area contributed by atoms with Gasteiger partial charge in [-0.1, -0.05) is 44.2 Å². The van der Waals surface area contributed by atoms with Crippen LogP contribution in [0.15, 0.2) is 30.3 Å². The highest BCUT2D eigenvalue weighted by Gasteiger charge is 2.26. The minimum absolute atomic E-state index is 0.00977. The van der Waals surface area contributed by atoms with Crippen molar-refractivity contribution in [1.29, 1.82) is 0 Å². The summed E-state index contributed by atoms with van der Waals surface area (Å²) in [6.45, 7) is 5.31. The maximum atomic E-state index is 13.6. The first kappa shape index (κ1) is 22.4. The average Bonchev–Trinajstić information content (AvgIpc) is 2.64. The lowest BCUT2D eigenvalue weighted by molar-refractivity contribution is 0.0468. The Labute approximate surface area is 156 Å².